The first-order chi connectivity index (χ1) is 9.58. The molecule has 3 N–H and O–H groups in total. The zero-order valence-electron chi connectivity index (χ0n) is 9.96. The highest BCUT2D eigenvalue weighted by Gasteiger charge is 2.08. The number of rotatable bonds is 2. The van der Waals surface area contributed by atoms with E-state index in [0.717, 1.165) is 0 Å². The highest BCUT2D eigenvalue weighted by Crippen LogP contribution is 2.26. The van der Waals surface area contributed by atoms with Gasteiger partial charge in [0.1, 0.15) is 11.8 Å². The Bertz CT molecular complexity index is 681. The largest absolute Gasteiger partial charge is 0.506 e. The molecule has 7 nitrogen and oxygen atoms in total. The van der Waals surface area contributed by atoms with Crippen LogP contribution in [0.2, 0.25) is 5.02 Å². The Morgan fingerprint density at radius 1 is 1.30 bits per heavy atom. The quantitative estimate of drug-likeness (QED) is 0.735. The molecule has 20 heavy (non-hydrogen) atoms. The number of amides is 2. The van der Waals surface area contributed by atoms with E-state index >= 15 is 0 Å². The second kappa shape index (κ2) is 5.86. The molecule has 0 aliphatic heterocycles. The van der Waals surface area contributed by atoms with E-state index in [9.17, 15) is 9.90 Å². The lowest BCUT2D eigenvalue weighted by atomic mass is 10.3. The minimum atomic E-state index is -0.624. The van der Waals surface area contributed by atoms with Crippen molar-refractivity contribution in [1.82, 2.24) is 9.97 Å². The Morgan fingerprint density at radius 2 is 2.10 bits per heavy atom. The third-order valence-corrected chi connectivity index (χ3v) is 2.45. The number of anilines is 2. The van der Waals surface area contributed by atoms with Crippen LogP contribution in [-0.2, 0) is 0 Å². The molecule has 2 aromatic rings. The molecule has 1 aromatic carbocycles. The topological polar surface area (TPSA) is 111 Å². The fraction of sp³-hybridized carbons (Fsp3) is 0. The van der Waals surface area contributed by atoms with Crippen LogP contribution < -0.4 is 10.6 Å². The Balaban J connectivity index is 2.05. The van der Waals surface area contributed by atoms with Gasteiger partial charge < -0.3 is 10.4 Å². The standard InChI is InChI=1S/C12H8ClN5O2/c13-7-1-2-10(19)9(3-7)17-12(20)18-11-6-15-8(4-14)5-16-11/h1-3,5-6,19H,(H2,16,17,18,20). The van der Waals surface area contributed by atoms with Gasteiger partial charge in [-0.15, -0.1) is 0 Å². The molecule has 1 heterocycles. The molecule has 2 rings (SSSR count). The lowest BCUT2D eigenvalue weighted by Gasteiger charge is -2.08. The molecule has 0 unspecified atom stereocenters. The van der Waals surface area contributed by atoms with Gasteiger partial charge in [0.15, 0.2) is 11.5 Å². The smallest absolute Gasteiger partial charge is 0.325 e. The Labute approximate surface area is 118 Å². The molecule has 0 atom stereocenters. The van der Waals surface area contributed by atoms with Gasteiger partial charge in [-0.25, -0.2) is 14.8 Å². The lowest BCUT2D eigenvalue weighted by Crippen LogP contribution is -2.20. The maximum absolute atomic E-state index is 11.7. The molecule has 0 bridgehead atoms. The van der Waals surface area contributed by atoms with Crippen LogP contribution in [0.15, 0.2) is 30.6 Å². The van der Waals surface area contributed by atoms with E-state index in [4.69, 9.17) is 16.9 Å². The molecule has 0 fully saturated rings. The summed E-state index contributed by atoms with van der Waals surface area (Å²) in [5, 5.41) is 23.3. The van der Waals surface area contributed by atoms with Crippen molar-refractivity contribution in [1.29, 1.82) is 5.26 Å². The molecule has 0 saturated carbocycles. The van der Waals surface area contributed by atoms with E-state index in [1.165, 1.54) is 30.6 Å². The molecule has 8 heteroatoms. The van der Waals surface area contributed by atoms with Crippen molar-refractivity contribution in [3.63, 3.8) is 0 Å². The predicted octanol–water partition coefficient (Wildman–Crippen LogP) is 2.35. The van der Waals surface area contributed by atoms with Crippen LogP contribution in [0, 0.1) is 11.3 Å². The van der Waals surface area contributed by atoms with Crippen LogP contribution >= 0.6 is 11.6 Å². The normalized spacial score (nSPS) is 9.60. The Kier molecular flexibility index (Phi) is 3.98. The first-order valence-corrected chi connectivity index (χ1v) is 5.75. The third kappa shape index (κ3) is 3.34. The number of aromatic hydroxyl groups is 1. The van der Waals surface area contributed by atoms with Crippen LogP contribution in [-0.4, -0.2) is 21.1 Å². The predicted molar refractivity (Wildman–Crippen MR) is 72.5 cm³/mol. The second-order valence-electron chi connectivity index (χ2n) is 3.64. The Hall–Kier alpha value is -2.85. The van der Waals surface area contributed by atoms with E-state index in [1.54, 1.807) is 0 Å². The minimum Gasteiger partial charge on any atom is -0.506 e. The van der Waals surface area contributed by atoms with Gasteiger partial charge in [0.05, 0.1) is 18.1 Å². The molecule has 0 saturated heterocycles. The fourth-order valence-corrected chi connectivity index (χ4v) is 1.50. The van der Waals surface area contributed by atoms with Crippen molar-refractivity contribution in [2.45, 2.75) is 0 Å². The number of hydrogen-bond donors (Lipinski definition) is 3. The molecule has 0 aliphatic rings. The van der Waals surface area contributed by atoms with Crippen molar-refractivity contribution >= 4 is 29.1 Å². The molecular formula is C12H8ClN5O2. The number of urea groups is 1. The summed E-state index contributed by atoms with van der Waals surface area (Å²) in [5.41, 5.74) is 0.306. The van der Waals surface area contributed by atoms with E-state index in [2.05, 4.69) is 20.6 Å². The van der Waals surface area contributed by atoms with Crippen LogP contribution in [0.25, 0.3) is 0 Å². The number of aromatic nitrogens is 2. The van der Waals surface area contributed by atoms with Gasteiger partial charge in [0.2, 0.25) is 0 Å². The summed E-state index contributed by atoms with van der Waals surface area (Å²) in [6, 6.07) is 5.44. The van der Waals surface area contributed by atoms with Gasteiger partial charge in [0, 0.05) is 5.02 Å². The van der Waals surface area contributed by atoms with E-state index < -0.39 is 6.03 Å². The van der Waals surface area contributed by atoms with Gasteiger partial charge >= 0.3 is 6.03 Å². The molecule has 0 radical (unpaired) electrons. The minimum absolute atomic E-state index is 0.115. The van der Waals surface area contributed by atoms with Gasteiger partial charge in [0.25, 0.3) is 0 Å². The van der Waals surface area contributed by atoms with Gasteiger partial charge in [-0.05, 0) is 18.2 Å². The average Bonchev–Trinajstić information content (AvgIpc) is 2.43. The van der Waals surface area contributed by atoms with Crippen molar-refractivity contribution in [3.05, 3.63) is 41.3 Å². The number of nitrogens with one attached hydrogen (secondary N) is 2. The lowest BCUT2D eigenvalue weighted by molar-refractivity contribution is 0.262. The number of carbonyl (C=O) groups is 1. The van der Waals surface area contributed by atoms with Gasteiger partial charge in [-0.2, -0.15) is 5.26 Å². The summed E-state index contributed by atoms with van der Waals surface area (Å²) in [5.74, 6) is 0.0541. The summed E-state index contributed by atoms with van der Waals surface area (Å²) in [4.78, 5) is 19.3. The van der Waals surface area contributed by atoms with Crippen LogP contribution in [0.3, 0.4) is 0 Å². The van der Waals surface area contributed by atoms with Gasteiger partial charge in [-0.1, -0.05) is 11.6 Å². The molecule has 1 aromatic heterocycles. The van der Waals surface area contributed by atoms with E-state index in [1.807, 2.05) is 6.07 Å². The maximum Gasteiger partial charge on any atom is 0.325 e. The maximum atomic E-state index is 11.7. The summed E-state index contributed by atoms with van der Waals surface area (Å²) in [6.45, 7) is 0. The number of phenols is 1. The fourth-order valence-electron chi connectivity index (χ4n) is 1.33. The highest BCUT2D eigenvalue weighted by molar-refractivity contribution is 6.31. The number of phenolic OH excluding ortho intramolecular Hbond substituents is 1. The molecule has 0 spiro atoms. The Morgan fingerprint density at radius 3 is 2.75 bits per heavy atom. The number of hydrogen-bond acceptors (Lipinski definition) is 5. The van der Waals surface area contributed by atoms with E-state index in [-0.39, 0.29) is 22.9 Å². The van der Waals surface area contributed by atoms with Crippen molar-refractivity contribution in [2.75, 3.05) is 10.6 Å². The van der Waals surface area contributed by atoms with Crippen LogP contribution in [0.1, 0.15) is 5.69 Å². The first kappa shape index (κ1) is 13.6. The second-order valence-corrected chi connectivity index (χ2v) is 4.08. The van der Waals surface area contributed by atoms with Crippen LogP contribution in [0.5, 0.6) is 5.75 Å². The SMILES string of the molecule is N#Cc1cnc(NC(=O)Nc2cc(Cl)ccc2O)cn1. The summed E-state index contributed by atoms with van der Waals surface area (Å²) in [7, 11) is 0. The molecule has 100 valence electrons. The zero-order chi connectivity index (χ0) is 14.5. The monoisotopic (exact) mass is 289 g/mol. The molecular weight excluding hydrogens is 282 g/mol. The molecule has 2 amide bonds. The summed E-state index contributed by atoms with van der Waals surface area (Å²) < 4.78 is 0. The third-order valence-electron chi connectivity index (χ3n) is 2.21. The number of carbonyl (C=O) groups excluding carboxylic acids is 1. The van der Waals surface area contributed by atoms with Crippen molar-refractivity contribution in [3.8, 4) is 11.8 Å². The number of halogens is 1. The summed E-state index contributed by atoms with van der Waals surface area (Å²) in [6.07, 6.45) is 2.47. The number of nitrogens with zero attached hydrogens (tertiary/aromatic N) is 3. The van der Waals surface area contributed by atoms with E-state index in [0.29, 0.717) is 5.02 Å². The number of nitriles is 1. The molecule has 0 aliphatic carbocycles. The number of benzene rings is 1. The highest BCUT2D eigenvalue weighted by atomic mass is 35.5. The summed E-state index contributed by atoms with van der Waals surface area (Å²) >= 11 is 5.76. The van der Waals surface area contributed by atoms with Crippen molar-refractivity contribution < 1.29 is 9.90 Å². The van der Waals surface area contributed by atoms with Crippen molar-refractivity contribution in [2.24, 2.45) is 0 Å². The van der Waals surface area contributed by atoms with Gasteiger partial charge in [-0.3, -0.25) is 5.32 Å². The first-order valence-electron chi connectivity index (χ1n) is 5.37. The average molecular weight is 290 g/mol. The van der Waals surface area contributed by atoms with Crippen LogP contribution in [0.4, 0.5) is 16.3 Å². The zero-order valence-corrected chi connectivity index (χ0v) is 10.7.